The number of amides is 1. The van der Waals surface area contributed by atoms with E-state index in [4.69, 9.17) is 22.1 Å². The Balaban J connectivity index is 2.65. The van der Waals surface area contributed by atoms with Crippen molar-refractivity contribution in [3.05, 3.63) is 28.8 Å². The molecule has 108 valence electrons. The number of nitrogens with one attached hydrogen (secondary N) is 1. The highest BCUT2D eigenvalue weighted by Crippen LogP contribution is 2.20. The van der Waals surface area contributed by atoms with Gasteiger partial charge in [-0.2, -0.15) is 0 Å². The molecule has 0 saturated heterocycles. The Morgan fingerprint density at radius 1 is 1.45 bits per heavy atom. The molecule has 0 unspecified atom stereocenters. The molecule has 4 nitrogen and oxygen atoms in total. The molecule has 0 aliphatic carbocycles. The van der Waals surface area contributed by atoms with Gasteiger partial charge in [-0.1, -0.05) is 30.4 Å². The normalized spacial score (nSPS) is 9.75. The second-order valence-electron chi connectivity index (χ2n) is 4.11. The summed E-state index contributed by atoms with van der Waals surface area (Å²) in [5, 5.41) is 3.33. The van der Waals surface area contributed by atoms with Gasteiger partial charge in [0.1, 0.15) is 0 Å². The average molecular weight is 295 g/mol. The van der Waals surface area contributed by atoms with Crippen LogP contribution in [0.3, 0.4) is 0 Å². The van der Waals surface area contributed by atoms with Crippen LogP contribution in [0.2, 0.25) is 5.02 Å². The summed E-state index contributed by atoms with van der Waals surface area (Å²) >= 11 is 5.93. The van der Waals surface area contributed by atoms with Crippen LogP contribution in [0.1, 0.15) is 25.3 Å². The van der Waals surface area contributed by atoms with Crippen LogP contribution in [-0.4, -0.2) is 25.7 Å². The fraction of sp³-hybridized carbons (Fsp3) is 0.400. The lowest BCUT2D eigenvalue weighted by molar-refractivity contribution is -0.117. The third-order valence-electron chi connectivity index (χ3n) is 2.40. The summed E-state index contributed by atoms with van der Waals surface area (Å²) in [7, 11) is 0. The Kier molecular flexibility index (Phi) is 7.74. The summed E-state index contributed by atoms with van der Waals surface area (Å²) in [4.78, 5) is 11.8. The fourth-order valence-corrected chi connectivity index (χ4v) is 1.67. The van der Waals surface area contributed by atoms with Gasteiger partial charge in [-0.3, -0.25) is 4.79 Å². The zero-order valence-electron chi connectivity index (χ0n) is 11.5. The van der Waals surface area contributed by atoms with Crippen LogP contribution in [0.4, 0.5) is 5.69 Å². The zero-order chi connectivity index (χ0) is 14.8. The second kappa shape index (κ2) is 9.38. The molecule has 0 aliphatic heterocycles. The number of benzene rings is 1. The largest absolute Gasteiger partial charge is 0.381 e. The van der Waals surface area contributed by atoms with Crippen molar-refractivity contribution in [1.29, 1.82) is 0 Å². The van der Waals surface area contributed by atoms with Crippen LogP contribution >= 0.6 is 11.6 Å². The molecule has 0 fully saturated rings. The highest BCUT2D eigenvalue weighted by molar-refractivity contribution is 6.31. The number of nitrogens with two attached hydrogens (primary N) is 1. The van der Waals surface area contributed by atoms with Gasteiger partial charge in [-0.15, -0.1) is 0 Å². The topological polar surface area (TPSA) is 64.3 Å². The van der Waals surface area contributed by atoms with E-state index in [1.165, 1.54) is 0 Å². The first-order chi connectivity index (χ1) is 9.67. The van der Waals surface area contributed by atoms with Gasteiger partial charge in [0.05, 0.1) is 25.3 Å². The van der Waals surface area contributed by atoms with E-state index in [2.05, 4.69) is 17.2 Å². The van der Waals surface area contributed by atoms with Gasteiger partial charge in [-0.25, -0.2) is 0 Å². The lowest BCUT2D eigenvalue weighted by Crippen LogP contribution is -2.15. The number of anilines is 1. The highest BCUT2D eigenvalue weighted by atomic mass is 35.5. The summed E-state index contributed by atoms with van der Waals surface area (Å²) < 4.78 is 5.28. The van der Waals surface area contributed by atoms with Crippen LogP contribution < -0.4 is 11.1 Å². The number of ether oxygens (including phenoxy) is 1. The Morgan fingerprint density at radius 3 is 2.95 bits per heavy atom. The summed E-state index contributed by atoms with van der Waals surface area (Å²) in [6.07, 6.45) is 1.24. The smallest absolute Gasteiger partial charge is 0.226 e. The minimum absolute atomic E-state index is 0.126. The maximum Gasteiger partial charge on any atom is 0.226 e. The molecule has 1 amide bonds. The minimum atomic E-state index is -0.126. The fourth-order valence-electron chi connectivity index (χ4n) is 1.50. The molecule has 3 N–H and O–H groups in total. The van der Waals surface area contributed by atoms with Gasteiger partial charge in [0.2, 0.25) is 5.91 Å². The first-order valence-corrected chi connectivity index (χ1v) is 6.91. The highest BCUT2D eigenvalue weighted by Gasteiger charge is 2.06. The molecule has 0 bridgehead atoms. The van der Waals surface area contributed by atoms with Gasteiger partial charge in [-0.05, 0) is 24.6 Å². The van der Waals surface area contributed by atoms with Crippen LogP contribution in [0.25, 0.3) is 0 Å². The Bertz CT molecular complexity index is 506. The van der Waals surface area contributed by atoms with E-state index in [0.717, 1.165) is 6.42 Å². The molecule has 1 aromatic rings. The summed E-state index contributed by atoms with van der Waals surface area (Å²) in [6.45, 7) is 3.36. The van der Waals surface area contributed by atoms with Gasteiger partial charge >= 0.3 is 0 Å². The lowest BCUT2D eigenvalue weighted by Gasteiger charge is -2.08. The van der Waals surface area contributed by atoms with Crippen LogP contribution in [-0.2, 0) is 9.53 Å². The van der Waals surface area contributed by atoms with Crippen molar-refractivity contribution in [2.45, 2.75) is 19.8 Å². The van der Waals surface area contributed by atoms with E-state index in [-0.39, 0.29) is 12.5 Å². The maximum atomic E-state index is 11.8. The van der Waals surface area contributed by atoms with Crippen molar-refractivity contribution in [3.63, 3.8) is 0 Å². The molecule has 0 saturated carbocycles. The van der Waals surface area contributed by atoms with Crippen molar-refractivity contribution in [2.24, 2.45) is 5.73 Å². The molecule has 5 heteroatoms. The maximum absolute atomic E-state index is 11.8. The number of hydrogen-bond acceptors (Lipinski definition) is 3. The Morgan fingerprint density at radius 2 is 2.25 bits per heavy atom. The molecule has 1 rings (SSSR count). The van der Waals surface area contributed by atoms with Crippen molar-refractivity contribution >= 4 is 23.2 Å². The van der Waals surface area contributed by atoms with Crippen LogP contribution in [0.5, 0.6) is 0 Å². The molecule has 0 atom stereocenters. The molecular formula is C15H19ClN2O2. The van der Waals surface area contributed by atoms with Crippen molar-refractivity contribution in [1.82, 2.24) is 0 Å². The first-order valence-electron chi connectivity index (χ1n) is 6.53. The number of hydrogen-bond donors (Lipinski definition) is 2. The summed E-state index contributed by atoms with van der Waals surface area (Å²) in [6, 6.07) is 5.16. The predicted octanol–water partition coefficient (Wildman–Crippen LogP) is 2.41. The average Bonchev–Trinajstić information content (AvgIpc) is 2.43. The van der Waals surface area contributed by atoms with E-state index in [9.17, 15) is 4.79 Å². The van der Waals surface area contributed by atoms with E-state index >= 15 is 0 Å². The van der Waals surface area contributed by atoms with Crippen molar-refractivity contribution in [3.8, 4) is 11.8 Å². The molecule has 1 aromatic carbocycles. The van der Waals surface area contributed by atoms with Gasteiger partial charge in [0.25, 0.3) is 0 Å². The van der Waals surface area contributed by atoms with Gasteiger partial charge in [0, 0.05) is 17.2 Å². The van der Waals surface area contributed by atoms with Crippen LogP contribution in [0, 0.1) is 11.8 Å². The molecule has 0 radical (unpaired) electrons. The van der Waals surface area contributed by atoms with Crippen molar-refractivity contribution in [2.75, 3.05) is 25.1 Å². The minimum Gasteiger partial charge on any atom is -0.381 e. The Hall–Kier alpha value is -1.54. The van der Waals surface area contributed by atoms with Gasteiger partial charge in [0.15, 0.2) is 0 Å². The molecule has 0 aliphatic rings. The van der Waals surface area contributed by atoms with E-state index < -0.39 is 0 Å². The quantitative estimate of drug-likeness (QED) is 0.625. The second-order valence-corrected chi connectivity index (χ2v) is 4.54. The summed E-state index contributed by atoms with van der Waals surface area (Å²) in [5.74, 6) is 5.53. The lowest BCUT2D eigenvalue weighted by atomic mass is 10.1. The number of halogens is 1. The third kappa shape index (κ3) is 6.07. The van der Waals surface area contributed by atoms with Crippen LogP contribution in [0.15, 0.2) is 18.2 Å². The molecule has 0 aromatic heterocycles. The number of carbonyl (C=O) groups is 1. The molecule has 0 spiro atoms. The molecule has 20 heavy (non-hydrogen) atoms. The standard InChI is InChI=1S/C15H19ClN2O2/c1-2-9-20-10-7-15(19)18-14-11-13(16)6-5-12(14)4-3-8-17/h5-6,11H,2,7-10,17H2,1H3,(H,18,19). The summed E-state index contributed by atoms with van der Waals surface area (Å²) in [5.41, 5.74) is 6.64. The van der Waals surface area contributed by atoms with E-state index in [1.54, 1.807) is 18.2 Å². The van der Waals surface area contributed by atoms with E-state index in [0.29, 0.717) is 35.9 Å². The molecule has 0 heterocycles. The predicted molar refractivity (Wildman–Crippen MR) is 81.7 cm³/mol. The zero-order valence-corrected chi connectivity index (χ0v) is 12.3. The third-order valence-corrected chi connectivity index (χ3v) is 2.64. The first kappa shape index (κ1) is 16.5. The SMILES string of the molecule is CCCOCCC(=O)Nc1cc(Cl)ccc1C#CCN. The Labute approximate surface area is 124 Å². The monoisotopic (exact) mass is 294 g/mol. The number of carbonyl (C=O) groups excluding carboxylic acids is 1. The van der Waals surface area contributed by atoms with E-state index in [1.807, 2.05) is 6.92 Å². The van der Waals surface area contributed by atoms with Gasteiger partial charge < -0.3 is 15.8 Å². The van der Waals surface area contributed by atoms with Crippen molar-refractivity contribution < 1.29 is 9.53 Å². The number of rotatable bonds is 6. The molecular weight excluding hydrogens is 276 g/mol.